The zero-order valence-corrected chi connectivity index (χ0v) is 8.40. The highest BCUT2D eigenvalue weighted by molar-refractivity contribution is 5.21. The van der Waals surface area contributed by atoms with Crippen molar-refractivity contribution in [1.29, 1.82) is 0 Å². The Kier molecular flexibility index (Phi) is 3.58. The summed E-state index contributed by atoms with van der Waals surface area (Å²) in [6.07, 6.45) is 9.03. The van der Waals surface area contributed by atoms with Crippen LogP contribution in [0.5, 0.6) is 0 Å². The molecule has 68 valence electrons. The van der Waals surface area contributed by atoms with Crippen LogP contribution in [0.4, 0.5) is 0 Å². The maximum absolute atomic E-state index is 4.01. The first-order chi connectivity index (χ1) is 5.74. The van der Waals surface area contributed by atoms with Gasteiger partial charge in [-0.2, -0.15) is 0 Å². The molecule has 0 aromatic carbocycles. The van der Waals surface area contributed by atoms with Crippen molar-refractivity contribution in [1.82, 2.24) is 0 Å². The SMILES string of the molecule is C=C(/C=C(\C)C1CCCC1)CC. The van der Waals surface area contributed by atoms with Gasteiger partial charge in [-0.1, -0.05) is 43.6 Å². The van der Waals surface area contributed by atoms with Gasteiger partial charge in [0.05, 0.1) is 0 Å². The molecule has 1 fully saturated rings. The van der Waals surface area contributed by atoms with Gasteiger partial charge in [0.15, 0.2) is 0 Å². The molecule has 1 saturated carbocycles. The fourth-order valence-electron chi connectivity index (χ4n) is 1.92. The van der Waals surface area contributed by atoms with Crippen molar-refractivity contribution in [2.24, 2.45) is 5.92 Å². The smallest absolute Gasteiger partial charge is 0.0203 e. The Morgan fingerprint density at radius 3 is 2.50 bits per heavy atom. The van der Waals surface area contributed by atoms with Gasteiger partial charge in [0.25, 0.3) is 0 Å². The third-order valence-electron chi connectivity index (χ3n) is 2.89. The Balaban J connectivity index is 2.49. The first-order valence-electron chi connectivity index (χ1n) is 5.10. The van der Waals surface area contributed by atoms with Gasteiger partial charge in [-0.25, -0.2) is 0 Å². The lowest BCUT2D eigenvalue weighted by atomic mass is 9.97. The lowest BCUT2D eigenvalue weighted by Gasteiger charge is -2.09. The normalized spacial score (nSPS) is 20.0. The Labute approximate surface area is 76.4 Å². The molecule has 0 atom stereocenters. The summed E-state index contributed by atoms with van der Waals surface area (Å²) in [6.45, 7) is 8.44. The molecule has 0 heterocycles. The molecule has 0 amide bonds. The highest BCUT2D eigenvalue weighted by atomic mass is 14.2. The van der Waals surface area contributed by atoms with Crippen molar-refractivity contribution in [2.75, 3.05) is 0 Å². The van der Waals surface area contributed by atoms with Gasteiger partial charge in [-0.3, -0.25) is 0 Å². The van der Waals surface area contributed by atoms with Gasteiger partial charge in [0.2, 0.25) is 0 Å². The van der Waals surface area contributed by atoms with E-state index in [1.54, 1.807) is 5.57 Å². The molecule has 0 heteroatoms. The Morgan fingerprint density at radius 1 is 1.42 bits per heavy atom. The predicted octanol–water partition coefficient (Wildman–Crippen LogP) is 4.09. The number of allylic oxidation sites excluding steroid dienone is 3. The van der Waals surface area contributed by atoms with Crippen molar-refractivity contribution in [3.63, 3.8) is 0 Å². The fourth-order valence-corrected chi connectivity index (χ4v) is 1.92. The molecule has 0 saturated heterocycles. The van der Waals surface area contributed by atoms with Crippen LogP contribution < -0.4 is 0 Å². The largest absolute Gasteiger partial charge is 0.0958 e. The highest BCUT2D eigenvalue weighted by Gasteiger charge is 2.15. The van der Waals surface area contributed by atoms with Gasteiger partial charge < -0.3 is 0 Å². The van der Waals surface area contributed by atoms with Crippen molar-refractivity contribution in [2.45, 2.75) is 46.0 Å². The van der Waals surface area contributed by atoms with Crippen LogP contribution in [-0.2, 0) is 0 Å². The molecular weight excluding hydrogens is 144 g/mol. The van der Waals surface area contributed by atoms with Crippen molar-refractivity contribution >= 4 is 0 Å². The Morgan fingerprint density at radius 2 is 2.00 bits per heavy atom. The second kappa shape index (κ2) is 4.49. The summed E-state index contributed by atoms with van der Waals surface area (Å²) in [5, 5.41) is 0. The monoisotopic (exact) mass is 164 g/mol. The molecule has 0 N–H and O–H groups in total. The van der Waals surface area contributed by atoms with Gasteiger partial charge in [0, 0.05) is 0 Å². The summed E-state index contributed by atoms with van der Waals surface area (Å²) in [5.41, 5.74) is 2.83. The van der Waals surface area contributed by atoms with E-state index in [4.69, 9.17) is 0 Å². The van der Waals surface area contributed by atoms with E-state index in [2.05, 4.69) is 26.5 Å². The molecule has 1 aliphatic rings. The molecule has 0 spiro atoms. The van der Waals surface area contributed by atoms with Crippen LogP contribution >= 0.6 is 0 Å². The van der Waals surface area contributed by atoms with Crippen molar-refractivity contribution in [3.05, 3.63) is 23.8 Å². The molecule has 0 radical (unpaired) electrons. The molecule has 0 nitrogen and oxygen atoms in total. The molecule has 12 heavy (non-hydrogen) atoms. The zero-order chi connectivity index (χ0) is 8.97. The van der Waals surface area contributed by atoms with Gasteiger partial charge >= 0.3 is 0 Å². The second-order valence-corrected chi connectivity index (χ2v) is 3.88. The quantitative estimate of drug-likeness (QED) is 0.551. The van der Waals surface area contributed by atoms with Crippen LogP contribution in [-0.4, -0.2) is 0 Å². The summed E-state index contributed by atoms with van der Waals surface area (Å²) in [5.74, 6) is 0.869. The van der Waals surface area contributed by atoms with E-state index in [9.17, 15) is 0 Å². The van der Waals surface area contributed by atoms with Crippen molar-refractivity contribution in [3.8, 4) is 0 Å². The minimum absolute atomic E-state index is 0.869. The lowest BCUT2D eigenvalue weighted by molar-refractivity contribution is 0.641. The third kappa shape index (κ3) is 2.51. The maximum atomic E-state index is 4.01. The zero-order valence-electron chi connectivity index (χ0n) is 8.40. The number of rotatable bonds is 3. The van der Waals surface area contributed by atoms with Crippen LogP contribution in [0.2, 0.25) is 0 Å². The molecular formula is C12H20. The Hall–Kier alpha value is -0.520. The average Bonchev–Trinajstić information content (AvgIpc) is 2.56. The van der Waals surface area contributed by atoms with E-state index >= 15 is 0 Å². The van der Waals surface area contributed by atoms with Gasteiger partial charge in [-0.15, -0.1) is 0 Å². The molecule has 0 bridgehead atoms. The van der Waals surface area contributed by atoms with E-state index < -0.39 is 0 Å². The minimum atomic E-state index is 0.869. The minimum Gasteiger partial charge on any atom is -0.0958 e. The van der Waals surface area contributed by atoms with Crippen LogP contribution in [0.1, 0.15) is 46.0 Å². The van der Waals surface area contributed by atoms with E-state index in [-0.39, 0.29) is 0 Å². The topological polar surface area (TPSA) is 0 Å². The highest BCUT2D eigenvalue weighted by Crippen LogP contribution is 2.31. The van der Waals surface area contributed by atoms with Gasteiger partial charge in [0.1, 0.15) is 0 Å². The van der Waals surface area contributed by atoms with Crippen molar-refractivity contribution < 1.29 is 0 Å². The number of hydrogen-bond donors (Lipinski definition) is 0. The molecule has 1 aliphatic carbocycles. The lowest BCUT2D eigenvalue weighted by Crippen LogP contribution is -1.94. The molecule has 0 unspecified atom stereocenters. The summed E-state index contributed by atoms with van der Waals surface area (Å²) in [7, 11) is 0. The van der Waals surface area contributed by atoms with E-state index in [0.29, 0.717) is 0 Å². The summed E-state index contributed by atoms with van der Waals surface area (Å²) in [4.78, 5) is 0. The first kappa shape index (κ1) is 9.57. The Bertz CT molecular complexity index is 180. The summed E-state index contributed by atoms with van der Waals surface area (Å²) >= 11 is 0. The standard InChI is InChI=1S/C12H20/c1-4-10(2)9-11(3)12-7-5-6-8-12/h9,12H,2,4-8H2,1,3H3/b11-9+. The second-order valence-electron chi connectivity index (χ2n) is 3.88. The van der Waals surface area contributed by atoms with Crippen LogP contribution in [0, 0.1) is 5.92 Å². The maximum Gasteiger partial charge on any atom is -0.0203 e. The fraction of sp³-hybridized carbons (Fsp3) is 0.667. The summed E-state index contributed by atoms with van der Waals surface area (Å²) < 4.78 is 0. The number of hydrogen-bond acceptors (Lipinski definition) is 0. The molecule has 0 aromatic heterocycles. The van der Waals surface area contributed by atoms with Crippen LogP contribution in [0.25, 0.3) is 0 Å². The first-order valence-corrected chi connectivity index (χ1v) is 5.10. The van der Waals surface area contributed by atoms with E-state index in [1.807, 2.05) is 0 Å². The third-order valence-corrected chi connectivity index (χ3v) is 2.89. The van der Waals surface area contributed by atoms with E-state index in [1.165, 1.54) is 31.3 Å². The van der Waals surface area contributed by atoms with Crippen LogP contribution in [0.3, 0.4) is 0 Å². The predicted molar refractivity (Wildman–Crippen MR) is 55.1 cm³/mol. The van der Waals surface area contributed by atoms with Gasteiger partial charge in [-0.05, 0) is 32.1 Å². The molecule has 0 aromatic rings. The van der Waals surface area contributed by atoms with E-state index in [0.717, 1.165) is 12.3 Å². The van der Waals surface area contributed by atoms with Crippen LogP contribution in [0.15, 0.2) is 23.8 Å². The molecule has 1 rings (SSSR count). The molecule has 0 aliphatic heterocycles. The summed E-state index contributed by atoms with van der Waals surface area (Å²) in [6, 6.07) is 0. The average molecular weight is 164 g/mol.